The molecule has 2 rings (SSSR count). The van der Waals surface area contributed by atoms with E-state index in [1.807, 2.05) is 0 Å². The first-order valence-electron chi connectivity index (χ1n) is 2.89. The number of nitrogen functional groups attached to an aromatic ring is 1. The van der Waals surface area contributed by atoms with Crippen LogP contribution in [0.2, 0.25) is 5.28 Å². The van der Waals surface area contributed by atoms with Crippen LogP contribution in [0.1, 0.15) is 0 Å². The molecule has 5 nitrogen and oxygen atoms in total. The largest absolute Gasteiger partial charge is 0.382 e. The second kappa shape index (κ2) is 2.06. The molecule has 0 amide bonds. The van der Waals surface area contributed by atoms with E-state index >= 15 is 0 Å². The summed E-state index contributed by atoms with van der Waals surface area (Å²) in [6, 6.07) is 0. The molecular weight excluding hydrogens is 166 g/mol. The SMILES string of the molecule is Nc1nc(Cl)nn2cncc12. The Labute approximate surface area is 66.8 Å². The van der Waals surface area contributed by atoms with Gasteiger partial charge in [-0.05, 0) is 11.6 Å². The van der Waals surface area contributed by atoms with Crippen LogP contribution in [0.25, 0.3) is 5.52 Å². The van der Waals surface area contributed by atoms with E-state index < -0.39 is 0 Å². The fourth-order valence-electron chi connectivity index (χ4n) is 0.820. The lowest BCUT2D eigenvalue weighted by Crippen LogP contribution is -1.99. The van der Waals surface area contributed by atoms with Crippen LogP contribution in [0.5, 0.6) is 0 Å². The van der Waals surface area contributed by atoms with Gasteiger partial charge in [-0.3, -0.25) is 0 Å². The Morgan fingerprint density at radius 3 is 3.18 bits per heavy atom. The molecule has 2 N–H and O–H groups in total. The second-order valence-corrected chi connectivity index (χ2v) is 2.33. The Balaban J connectivity index is 2.91. The Hall–Kier alpha value is -1.36. The van der Waals surface area contributed by atoms with Gasteiger partial charge in [-0.25, -0.2) is 9.50 Å². The van der Waals surface area contributed by atoms with Crippen molar-refractivity contribution in [2.24, 2.45) is 0 Å². The molecule has 56 valence electrons. The van der Waals surface area contributed by atoms with Crippen molar-refractivity contribution in [2.45, 2.75) is 0 Å². The predicted octanol–water partition coefficient (Wildman–Crippen LogP) is 0.360. The third-order valence-corrected chi connectivity index (χ3v) is 1.45. The highest BCUT2D eigenvalue weighted by Gasteiger charge is 2.01. The summed E-state index contributed by atoms with van der Waals surface area (Å²) in [4.78, 5) is 7.57. The molecule has 0 radical (unpaired) electrons. The van der Waals surface area contributed by atoms with Crippen LogP contribution in [-0.4, -0.2) is 19.6 Å². The summed E-state index contributed by atoms with van der Waals surface area (Å²) in [7, 11) is 0. The van der Waals surface area contributed by atoms with Gasteiger partial charge in [0.15, 0.2) is 5.82 Å². The molecule has 2 aromatic heterocycles. The number of aromatic nitrogens is 4. The smallest absolute Gasteiger partial charge is 0.243 e. The molecule has 0 atom stereocenters. The molecular formula is C5H4ClN5. The number of nitrogens with zero attached hydrogens (tertiary/aromatic N) is 4. The number of fused-ring (bicyclic) bond motifs is 1. The molecule has 0 aromatic carbocycles. The van der Waals surface area contributed by atoms with E-state index in [-0.39, 0.29) is 5.28 Å². The fourth-order valence-corrected chi connectivity index (χ4v) is 0.992. The van der Waals surface area contributed by atoms with Crippen molar-refractivity contribution in [3.8, 4) is 0 Å². The van der Waals surface area contributed by atoms with Crippen LogP contribution in [0, 0.1) is 0 Å². The van der Waals surface area contributed by atoms with Gasteiger partial charge in [0.1, 0.15) is 11.8 Å². The average Bonchev–Trinajstić information content (AvgIpc) is 2.34. The zero-order chi connectivity index (χ0) is 7.84. The molecule has 0 aliphatic heterocycles. The van der Waals surface area contributed by atoms with E-state index in [2.05, 4.69) is 15.1 Å². The van der Waals surface area contributed by atoms with Crippen LogP contribution >= 0.6 is 11.6 Å². The lowest BCUT2D eigenvalue weighted by molar-refractivity contribution is 0.897. The summed E-state index contributed by atoms with van der Waals surface area (Å²) in [5.74, 6) is 0.336. The van der Waals surface area contributed by atoms with Gasteiger partial charge in [0, 0.05) is 0 Å². The van der Waals surface area contributed by atoms with Crippen LogP contribution in [0.3, 0.4) is 0 Å². The Kier molecular flexibility index (Phi) is 1.19. The highest BCUT2D eigenvalue weighted by molar-refractivity contribution is 6.28. The summed E-state index contributed by atoms with van der Waals surface area (Å²) in [6.07, 6.45) is 3.09. The number of imidazole rings is 1. The molecule has 0 fully saturated rings. The van der Waals surface area contributed by atoms with Gasteiger partial charge in [0.05, 0.1) is 6.20 Å². The minimum Gasteiger partial charge on any atom is -0.382 e. The number of halogens is 1. The van der Waals surface area contributed by atoms with Crippen LogP contribution in [0.15, 0.2) is 12.5 Å². The van der Waals surface area contributed by atoms with E-state index in [9.17, 15) is 0 Å². The summed E-state index contributed by atoms with van der Waals surface area (Å²) in [5.41, 5.74) is 6.17. The number of hydrogen-bond acceptors (Lipinski definition) is 4. The number of rotatable bonds is 0. The molecule has 0 aliphatic carbocycles. The molecule has 0 spiro atoms. The topological polar surface area (TPSA) is 69.1 Å². The third kappa shape index (κ3) is 0.894. The molecule has 0 aliphatic rings. The van der Waals surface area contributed by atoms with Crippen LogP contribution < -0.4 is 5.73 Å². The average molecular weight is 170 g/mol. The van der Waals surface area contributed by atoms with Crippen molar-refractivity contribution in [3.63, 3.8) is 0 Å². The molecule has 2 heterocycles. The number of nitrogens with two attached hydrogens (primary N) is 1. The lowest BCUT2D eigenvalue weighted by Gasteiger charge is -1.95. The van der Waals surface area contributed by atoms with Crippen molar-refractivity contribution >= 4 is 22.9 Å². The third-order valence-electron chi connectivity index (χ3n) is 1.29. The van der Waals surface area contributed by atoms with E-state index in [1.165, 1.54) is 10.8 Å². The molecule has 0 saturated carbocycles. The first-order chi connectivity index (χ1) is 5.27. The van der Waals surface area contributed by atoms with Crippen molar-refractivity contribution in [1.82, 2.24) is 19.6 Å². The Morgan fingerprint density at radius 1 is 1.55 bits per heavy atom. The zero-order valence-electron chi connectivity index (χ0n) is 5.40. The quantitative estimate of drug-likeness (QED) is 0.618. The highest BCUT2D eigenvalue weighted by Crippen LogP contribution is 2.10. The first-order valence-corrected chi connectivity index (χ1v) is 3.26. The lowest BCUT2D eigenvalue weighted by atomic mass is 10.6. The summed E-state index contributed by atoms with van der Waals surface area (Å²) in [6.45, 7) is 0. The highest BCUT2D eigenvalue weighted by atomic mass is 35.5. The van der Waals surface area contributed by atoms with Crippen LogP contribution in [0.4, 0.5) is 5.82 Å². The normalized spacial score (nSPS) is 10.6. The van der Waals surface area contributed by atoms with Gasteiger partial charge < -0.3 is 5.73 Å². The van der Waals surface area contributed by atoms with E-state index in [0.29, 0.717) is 11.3 Å². The van der Waals surface area contributed by atoms with Gasteiger partial charge in [0.25, 0.3) is 0 Å². The fraction of sp³-hybridized carbons (Fsp3) is 0. The van der Waals surface area contributed by atoms with Gasteiger partial charge in [-0.1, -0.05) is 0 Å². The predicted molar refractivity (Wildman–Crippen MR) is 40.2 cm³/mol. The van der Waals surface area contributed by atoms with Crippen molar-refractivity contribution in [2.75, 3.05) is 5.73 Å². The van der Waals surface area contributed by atoms with Gasteiger partial charge in [-0.2, -0.15) is 4.98 Å². The van der Waals surface area contributed by atoms with Gasteiger partial charge >= 0.3 is 0 Å². The van der Waals surface area contributed by atoms with Crippen LogP contribution in [-0.2, 0) is 0 Å². The van der Waals surface area contributed by atoms with E-state index in [1.54, 1.807) is 6.20 Å². The zero-order valence-corrected chi connectivity index (χ0v) is 6.15. The maximum atomic E-state index is 5.53. The Bertz CT molecular complexity index is 395. The summed E-state index contributed by atoms with van der Waals surface area (Å²) >= 11 is 5.53. The molecule has 0 bridgehead atoms. The second-order valence-electron chi connectivity index (χ2n) is 1.99. The molecule has 11 heavy (non-hydrogen) atoms. The molecule has 0 unspecified atom stereocenters. The monoisotopic (exact) mass is 169 g/mol. The van der Waals surface area contributed by atoms with E-state index in [4.69, 9.17) is 17.3 Å². The molecule has 2 aromatic rings. The van der Waals surface area contributed by atoms with Gasteiger partial charge in [0.2, 0.25) is 5.28 Å². The van der Waals surface area contributed by atoms with E-state index in [0.717, 1.165) is 0 Å². The first kappa shape index (κ1) is 6.36. The Morgan fingerprint density at radius 2 is 2.36 bits per heavy atom. The maximum absolute atomic E-state index is 5.53. The van der Waals surface area contributed by atoms with Crippen molar-refractivity contribution in [3.05, 3.63) is 17.8 Å². The minimum absolute atomic E-state index is 0.119. The van der Waals surface area contributed by atoms with Gasteiger partial charge in [-0.15, -0.1) is 5.10 Å². The summed E-state index contributed by atoms with van der Waals surface area (Å²) in [5, 5.41) is 3.94. The van der Waals surface area contributed by atoms with Crippen molar-refractivity contribution < 1.29 is 0 Å². The molecule has 0 saturated heterocycles. The number of anilines is 1. The van der Waals surface area contributed by atoms with Crippen molar-refractivity contribution in [1.29, 1.82) is 0 Å². The standard InChI is InChI=1S/C5H4ClN5/c6-5-9-4(7)3-1-8-2-11(3)10-5/h1-2H,(H2,7,9,10). The molecule has 6 heteroatoms. The minimum atomic E-state index is 0.119. The summed E-state index contributed by atoms with van der Waals surface area (Å²) < 4.78 is 1.48. The number of hydrogen-bond donors (Lipinski definition) is 1. The maximum Gasteiger partial charge on any atom is 0.243 e.